The molecule has 0 radical (unpaired) electrons. The van der Waals surface area contributed by atoms with Gasteiger partial charge >= 0.3 is 11.8 Å². The smallest absolute Gasteiger partial charge is 0.324 e. The zero-order valence-corrected chi connectivity index (χ0v) is 13.5. The van der Waals surface area contributed by atoms with E-state index in [0.29, 0.717) is 11.4 Å². The number of carbonyl (C=O) groups excluding carboxylic acids is 2. The summed E-state index contributed by atoms with van der Waals surface area (Å²) in [5, 5.41) is 2.33. The first-order valence-corrected chi connectivity index (χ1v) is 8.23. The molecular formula is C15H15N3O5S. The molecular weight excluding hydrogens is 334 g/mol. The van der Waals surface area contributed by atoms with Crippen LogP contribution in [-0.2, 0) is 19.6 Å². The molecule has 0 atom stereocenters. The van der Waals surface area contributed by atoms with E-state index in [1.807, 2.05) is 10.3 Å². The maximum atomic E-state index is 12.0. The van der Waals surface area contributed by atoms with Gasteiger partial charge in [-0.2, -0.15) is 0 Å². The van der Waals surface area contributed by atoms with E-state index in [2.05, 4.69) is 5.32 Å². The normalized spacial score (nSPS) is 10.7. The average molecular weight is 349 g/mol. The fourth-order valence-corrected chi connectivity index (χ4v) is 2.53. The number of sulfonamides is 1. The summed E-state index contributed by atoms with van der Waals surface area (Å²) in [5.74, 6) is -1.66. The highest BCUT2D eigenvalue weighted by Crippen LogP contribution is 2.14. The lowest BCUT2D eigenvalue weighted by atomic mass is 10.3. The van der Waals surface area contributed by atoms with Gasteiger partial charge in [0.15, 0.2) is 0 Å². The molecule has 0 saturated heterocycles. The molecule has 3 N–H and O–H groups in total. The third-order valence-corrected chi connectivity index (χ3v) is 4.17. The van der Waals surface area contributed by atoms with Gasteiger partial charge < -0.3 is 10.1 Å². The molecule has 0 saturated carbocycles. The predicted molar refractivity (Wildman–Crippen MR) is 86.5 cm³/mol. The lowest BCUT2D eigenvalue weighted by Gasteiger charge is -2.09. The Kier molecular flexibility index (Phi) is 5.51. The molecule has 0 heterocycles. The van der Waals surface area contributed by atoms with Crippen molar-refractivity contribution in [3.63, 3.8) is 0 Å². The van der Waals surface area contributed by atoms with Crippen LogP contribution < -0.4 is 20.3 Å². The van der Waals surface area contributed by atoms with E-state index >= 15 is 0 Å². The van der Waals surface area contributed by atoms with Crippen LogP contribution >= 0.6 is 0 Å². The number of benzene rings is 2. The van der Waals surface area contributed by atoms with Crippen molar-refractivity contribution >= 4 is 27.5 Å². The Bertz CT molecular complexity index is 820. The number of nitrogens with one attached hydrogen (secondary N) is 3. The molecule has 9 heteroatoms. The van der Waals surface area contributed by atoms with Crippen LogP contribution in [0.15, 0.2) is 59.5 Å². The highest BCUT2D eigenvalue weighted by Gasteiger charge is 2.19. The van der Waals surface area contributed by atoms with Gasteiger partial charge in [0.25, 0.3) is 10.0 Å². The second-order valence-corrected chi connectivity index (χ2v) is 6.24. The molecule has 24 heavy (non-hydrogen) atoms. The molecule has 8 nitrogen and oxygen atoms in total. The Balaban J connectivity index is 1.95. The van der Waals surface area contributed by atoms with Crippen molar-refractivity contribution in [1.29, 1.82) is 0 Å². The van der Waals surface area contributed by atoms with Gasteiger partial charge in [0.1, 0.15) is 5.75 Å². The van der Waals surface area contributed by atoms with Crippen LogP contribution in [0.2, 0.25) is 0 Å². The number of carbonyl (C=O) groups is 2. The van der Waals surface area contributed by atoms with Gasteiger partial charge in [-0.1, -0.05) is 18.2 Å². The fourth-order valence-electron chi connectivity index (χ4n) is 1.69. The standard InChI is InChI=1S/C15H15N3O5S/c1-23-12-7-9-13(10-8-12)24(21,22)18-17-15(20)14(19)16-11-5-3-2-4-6-11/h2-10,18H,1H3,(H,16,19)(H,17,20). The maximum absolute atomic E-state index is 12.0. The Morgan fingerprint density at radius 1 is 0.917 bits per heavy atom. The van der Waals surface area contributed by atoms with Crippen molar-refractivity contribution in [2.75, 3.05) is 12.4 Å². The van der Waals surface area contributed by atoms with Crippen LogP contribution in [0.1, 0.15) is 0 Å². The van der Waals surface area contributed by atoms with Crippen LogP contribution in [0, 0.1) is 0 Å². The zero-order chi connectivity index (χ0) is 17.6. The number of ether oxygens (including phenoxy) is 1. The minimum atomic E-state index is -4.00. The first-order chi connectivity index (χ1) is 11.4. The summed E-state index contributed by atoms with van der Waals surface area (Å²) in [4.78, 5) is 25.1. The lowest BCUT2D eigenvalue weighted by molar-refractivity contribution is -0.136. The number of rotatable bonds is 5. The van der Waals surface area contributed by atoms with Gasteiger partial charge in [0, 0.05) is 5.69 Å². The number of hydrogen-bond donors (Lipinski definition) is 3. The topological polar surface area (TPSA) is 114 Å². The molecule has 126 valence electrons. The summed E-state index contributed by atoms with van der Waals surface area (Å²) in [7, 11) is -2.55. The highest BCUT2D eigenvalue weighted by atomic mass is 32.2. The summed E-state index contributed by atoms with van der Waals surface area (Å²) < 4.78 is 29.0. The zero-order valence-electron chi connectivity index (χ0n) is 12.6. The molecule has 0 fully saturated rings. The van der Waals surface area contributed by atoms with Crippen LogP contribution in [0.3, 0.4) is 0 Å². The van der Waals surface area contributed by atoms with E-state index in [1.54, 1.807) is 30.3 Å². The molecule has 2 amide bonds. The first kappa shape index (κ1) is 17.4. The van der Waals surface area contributed by atoms with Gasteiger partial charge in [-0.15, -0.1) is 4.83 Å². The van der Waals surface area contributed by atoms with Crippen molar-refractivity contribution in [1.82, 2.24) is 10.3 Å². The van der Waals surface area contributed by atoms with Crippen molar-refractivity contribution in [2.24, 2.45) is 0 Å². The number of anilines is 1. The Morgan fingerprint density at radius 2 is 1.54 bits per heavy atom. The van der Waals surface area contributed by atoms with E-state index in [4.69, 9.17) is 4.74 Å². The fraction of sp³-hybridized carbons (Fsp3) is 0.0667. The average Bonchev–Trinajstić information content (AvgIpc) is 2.60. The predicted octanol–water partition coefficient (Wildman–Crippen LogP) is 0.643. The SMILES string of the molecule is COc1ccc(S(=O)(=O)NNC(=O)C(=O)Nc2ccccc2)cc1. The number of hydrazine groups is 1. The molecule has 0 unspecified atom stereocenters. The Hall–Kier alpha value is -2.91. The Labute approximate surface area is 138 Å². The van der Waals surface area contributed by atoms with E-state index in [9.17, 15) is 18.0 Å². The second kappa shape index (κ2) is 7.57. The molecule has 0 aliphatic carbocycles. The summed E-state index contributed by atoms with van der Waals surface area (Å²) in [6.07, 6.45) is 0. The number of para-hydroxylation sites is 1. The molecule has 0 bridgehead atoms. The van der Waals surface area contributed by atoms with Gasteiger partial charge in [-0.3, -0.25) is 15.0 Å². The molecule has 0 aromatic heterocycles. The summed E-state index contributed by atoms with van der Waals surface area (Å²) >= 11 is 0. The van der Waals surface area contributed by atoms with Crippen LogP contribution in [0.25, 0.3) is 0 Å². The molecule has 0 aliphatic rings. The van der Waals surface area contributed by atoms with Gasteiger partial charge in [-0.25, -0.2) is 8.42 Å². The number of methoxy groups -OCH3 is 1. The van der Waals surface area contributed by atoms with E-state index < -0.39 is 21.8 Å². The van der Waals surface area contributed by atoms with Gasteiger partial charge in [0.2, 0.25) is 0 Å². The minimum Gasteiger partial charge on any atom is -0.497 e. The van der Waals surface area contributed by atoms with Crippen molar-refractivity contribution < 1.29 is 22.7 Å². The third-order valence-electron chi connectivity index (χ3n) is 2.91. The Morgan fingerprint density at radius 3 is 2.12 bits per heavy atom. The summed E-state index contributed by atoms with van der Waals surface area (Å²) in [6, 6.07) is 13.8. The van der Waals surface area contributed by atoms with Crippen molar-refractivity contribution in [2.45, 2.75) is 4.90 Å². The first-order valence-electron chi connectivity index (χ1n) is 6.74. The largest absolute Gasteiger partial charge is 0.497 e. The monoisotopic (exact) mass is 349 g/mol. The number of hydrogen-bond acceptors (Lipinski definition) is 5. The second-order valence-electron chi connectivity index (χ2n) is 4.56. The molecule has 0 aliphatic heterocycles. The number of amides is 2. The van der Waals surface area contributed by atoms with Crippen LogP contribution in [-0.4, -0.2) is 27.3 Å². The van der Waals surface area contributed by atoms with Crippen molar-refractivity contribution in [3.8, 4) is 5.75 Å². The summed E-state index contributed by atoms with van der Waals surface area (Å²) in [5.41, 5.74) is 2.26. The third kappa shape index (κ3) is 4.54. The summed E-state index contributed by atoms with van der Waals surface area (Å²) in [6.45, 7) is 0. The molecule has 2 aromatic carbocycles. The molecule has 2 aromatic rings. The van der Waals surface area contributed by atoms with E-state index in [-0.39, 0.29) is 4.90 Å². The van der Waals surface area contributed by atoms with E-state index in [1.165, 1.54) is 31.4 Å². The molecule has 2 rings (SSSR count). The maximum Gasteiger partial charge on any atom is 0.324 e. The van der Waals surface area contributed by atoms with Crippen LogP contribution in [0.5, 0.6) is 5.75 Å². The minimum absolute atomic E-state index is 0.0907. The van der Waals surface area contributed by atoms with Gasteiger partial charge in [0.05, 0.1) is 12.0 Å². The highest BCUT2D eigenvalue weighted by molar-refractivity contribution is 7.89. The van der Waals surface area contributed by atoms with Crippen LogP contribution in [0.4, 0.5) is 5.69 Å². The molecule has 0 spiro atoms. The van der Waals surface area contributed by atoms with Crippen molar-refractivity contribution in [3.05, 3.63) is 54.6 Å². The lowest BCUT2D eigenvalue weighted by Crippen LogP contribution is -2.46. The van der Waals surface area contributed by atoms with E-state index in [0.717, 1.165) is 0 Å². The van der Waals surface area contributed by atoms with Gasteiger partial charge in [-0.05, 0) is 36.4 Å². The quantitative estimate of drug-likeness (QED) is 0.542.